The van der Waals surface area contributed by atoms with E-state index in [9.17, 15) is 0 Å². The van der Waals surface area contributed by atoms with E-state index < -0.39 is 0 Å². The lowest BCUT2D eigenvalue weighted by Crippen LogP contribution is -2.22. The van der Waals surface area contributed by atoms with Gasteiger partial charge in [0.15, 0.2) is 0 Å². The van der Waals surface area contributed by atoms with Gasteiger partial charge in [-0.25, -0.2) is 0 Å². The van der Waals surface area contributed by atoms with Crippen LogP contribution in [0.2, 0.25) is 0 Å². The molecule has 1 aromatic rings. The Morgan fingerprint density at radius 3 is 2.92 bits per heavy atom. The van der Waals surface area contributed by atoms with E-state index in [2.05, 4.69) is 14.9 Å². The van der Waals surface area contributed by atoms with Gasteiger partial charge in [0.1, 0.15) is 0 Å². The van der Waals surface area contributed by atoms with E-state index in [0.29, 0.717) is 5.92 Å². The Morgan fingerprint density at radius 1 is 1.31 bits per heavy atom. The van der Waals surface area contributed by atoms with Gasteiger partial charge in [0, 0.05) is 37.6 Å². The third-order valence-electron chi connectivity index (χ3n) is 3.30. The predicted molar refractivity (Wildman–Crippen MR) is 49.3 cm³/mol. The molecule has 0 aliphatic carbocycles. The van der Waals surface area contributed by atoms with Gasteiger partial charge < -0.3 is 4.90 Å². The van der Waals surface area contributed by atoms with Crippen molar-refractivity contribution in [3.63, 3.8) is 0 Å². The molecule has 3 heterocycles. The maximum Gasteiger partial charge on any atom is 0.0633 e. The van der Waals surface area contributed by atoms with Crippen LogP contribution < -0.4 is 0 Å². The molecule has 0 saturated carbocycles. The summed E-state index contributed by atoms with van der Waals surface area (Å²) in [7, 11) is 0. The first-order valence-corrected chi connectivity index (χ1v) is 4.92. The maximum absolute atomic E-state index is 4.39. The summed E-state index contributed by atoms with van der Waals surface area (Å²) in [5.41, 5.74) is 1.19. The van der Waals surface area contributed by atoms with Crippen LogP contribution in [-0.4, -0.2) is 34.5 Å². The van der Waals surface area contributed by atoms with Crippen molar-refractivity contribution in [3.8, 4) is 0 Å². The number of nitrogens with zero attached hydrogens (tertiary/aromatic N) is 3. The summed E-state index contributed by atoms with van der Waals surface area (Å²) >= 11 is 0. The number of rotatable bonds is 1. The van der Waals surface area contributed by atoms with Crippen LogP contribution in [0.25, 0.3) is 0 Å². The molecular weight excluding hydrogens is 162 g/mol. The van der Waals surface area contributed by atoms with Crippen LogP contribution in [0.3, 0.4) is 0 Å². The molecule has 0 aromatic carbocycles. The van der Waals surface area contributed by atoms with Gasteiger partial charge >= 0.3 is 0 Å². The lowest BCUT2D eigenvalue weighted by Gasteiger charge is -2.20. The Hall–Kier alpha value is -0.960. The molecule has 3 atom stereocenters. The normalized spacial score (nSPS) is 36.8. The molecule has 2 aliphatic heterocycles. The first-order chi connectivity index (χ1) is 6.43. The molecule has 2 aliphatic rings. The quantitative estimate of drug-likeness (QED) is 0.635. The Bertz CT molecular complexity index is 298. The second-order valence-electron chi connectivity index (χ2n) is 4.05. The number of hydrogen-bond acceptors (Lipinski definition) is 3. The fraction of sp³-hybridized carbons (Fsp3) is 0.600. The average Bonchev–Trinajstić information content (AvgIpc) is 2.80. The lowest BCUT2D eigenvalue weighted by molar-refractivity contribution is 0.343. The minimum atomic E-state index is 0.655. The number of fused-ring (bicyclic) bond motifs is 2. The summed E-state index contributed by atoms with van der Waals surface area (Å²) in [6.45, 7) is 3.77. The highest BCUT2D eigenvalue weighted by Crippen LogP contribution is 2.38. The summed E-state index contributed by atoms with van der Waals surface area (Å²) in [4.78, 5) is 11.1. The average molecular weight is 175 g/mol. The minimum absolute atomic E-state index is 0.655. The number of aromatic nitrogens is 2. The Kier molecular flexibility index (Phi) is 1.59. The first-order valence-electron chi connectivity index (χ1n) is 4.92. The van der Waals surface area contributed by atoms with E-state index in [0.717, 1.165) is 5.92 Å². The molecule has 13 heavy (non-hydrogen) atoms. The second-order valence-corrected chi connectivity index (χ2v) is 4.05. The second kappa shape index (κ2) is 2.77. The van der Waals surface area contributed by atoms with Gasteiger partial charge in [-0.3, -0.25) is 9.97 Å². The lowest BCUT2D eigenvalue weighted by atomic mass is 9.90. The standard InChI is InChI=1S/C10H13N3/c1-4-13-6-8(1)9(7-13)10-5-11-2-3-12-10/h2-3,5,8-9H,1,4,6-7H2/t8-,9-/m1/s1. The molecule has 3 nitrogen and oxygen atoms in total. The maximum atomic E-state index is 4.39. The molecule has 2 saturated heterocycles. The minimum Gasteiger partial charge on any atom is -0.302 e. The number of piperidine rings is 1. The van der Waals surface area contributed by atoms with E-state index in [1.807, 2.05) is 6.20 Å². The molecule has 2 bridgehead atoms. The molecule has 0 amide bonds. The molecule has 0 radical (unpaired) electrons. The monoisotopic (exact) mass is 175 g/mol. The van der Waals surface area contributed by atoms with E-state index in [1.165, 1.54) is 31.7 Å². The van der Waals surface area contributed by atoms with Crippen LogP contribution in [0.1, 0.15) is 18.0 Å². The molecule has 68 valence electrons. The van der Waals surface area contributed by atoms with Gasteiger partial charge in [0.25, 0.3) is 0 Å². The summed E-state index contributed by atoms with van der Waals surface area (Å²) in [6, 6.07) is 0. The fourth-order valence-corrected chi connectivity index (χ4v) is 2.62. The van der Waals surface area contributed by atoms with Gasteiger partial charge in [-0.15, -0.1) is 0 Å². The Morgan fingerprint density at radius 2 is 2.31 bits per heavy atom. The number of hydrogen-bond donors (Lipinski definition) is 0. The fourth-order valence-electron chi connectivity index (χ4n) is 2.62. The van der Waals surface area contributed by atoms with Crippen LogP contribution in [0.4, 0.5) is 0 Å². The van der Waals surface area contributed by atoms with Gasteiger partial charge in [0.05, 0.1) is 5.69 Å². The first kappa shape index (κ1) is 7.44. The molecule has 3 rings (SSSR count). The van der Waals surface area contributed by atoms with Crippen molar-refractivity contribution in [3.05, 3.63) is 24.3 Å². The van der Waals surface area contributed by atoms with Crippen LogP contribution in [0, 0.1) is 5.92 Å². The zero-order chi connectivity index (χ0) is 8.67. The van der Waals surface area contributed by atoms with Crippen molar-refractivity contribution in [1.82, 2.24) is 14.9 Å². The van der Waals surface area contributed by atoms with Crippen LogP contribution in [0.5, 0.6) is 0 Å². The summed E-state index contributed by atoms with van der Waals surface area (Å²) < 4.78 is 0. The summed E-state index contributed by atoms with van der Waals surface area (Å²) in [5, 5.41) is 0. The van der Waals surface area contributed by atoms with Crippen LogP contribution >= 0.6 is 0 Å². The highest BCUT2D eigenvalue weighted by molar-refractivity contribution is 5.11. The smallest absolute Gasteiger partial charge is 0.0633 e. The molecular formula is C10H13N3. The van der Waals surface area contributed by atoms with E-state index in [4.69, 9.17) is 0 Å². The SMILES string of the molecule is c1cnc([C@@H]2CN3CC[C@@H]2C3)cn1. The third kappa shape index (κ3) is 1.15. The van der Waals surface area contributed by atoms with Gasteiger partial charge in [-0.05, 0) is 18.9 Å². The van der Waals surface area contributed by atoms with Gasteiger partial charge in [0.2, 0.25) is 0 Å². The summed E-state index contributed by atoms with van der Waals surface area (Å²) in [5.74, 6) is 1.50. The van der Waals surface area contributed by atoms with Crippen LogP contribution in [-0.2, 0) is 0 Å². The molecule has 0 spiro atoms. The van der Waals surface area contributed by atoms with E-state index >= 15 is 0 Å². The van der Waals surface area contributed by atoms with Crippen molar-refractivity contribution in [2.45, 2.75) is 12.3 Å². The van der Waals surface area contributed by atoms with Crippen LogP contribution in [0.15, 0.2) is 18.6 Å². The zero-order valence-corrected chi connectivity index (χ0v) is 7.56. The molecule has 2 fully saturated rings. The third-order valence-corrected chi connectivity index (χ3v) is 3.30. The van der Waals surface area contributed by atoms with E-state index in [1.54, 1.807) is 12.4 Å². The topological polar surface area (TPSA) is 29.0 Å². The van der Waals surface area contributed by atoms with E-state index in [-0.39, 0.29) is 0 Å². The van der Waals surface area contributed by atoms with Crippen molar-refractivity contribution in [1.29, 1.82) is 0 Å². The highest BCUT2D eigenvalue weighted by atomic mass is 15.2. The van der Waals surface area contributed by atoms with Crippen molar-refractivity contribution >= 4 is 0 Å². The predicted octanol–water partition coefficient (Wildman–Crippen LogP) is 0.896. The van der Waals surface area contributed by atoms with Crippen molar-refractivity contribution < 1.29 is 0 Å². The Balaban J connectivity index is 1.87. The summed E-state index contributed by atoms with van der Waals surface area (Å²) in [6.07, 6.45) is 6.82. The zero-order valence-electron chi connectivity index (χ0n) is 7.56. The van der Waals surface area contributed by atoms with Crippen molar-refractivity contribution in [2.24, 2.45) is 5.92 Å². The van der Waals surface area contributed by atoms with Gasteiger partial charge in [-0.2, -0.15) is 0 Å². The highest BCUT2D eigenvalue weighted by Gasteiger charge is 2.39. The Labute approximate surface area is 77.8 Å². The molecule has 1 aromatic heterocycles. The molecule has 1 unspecified atom stereocenters. The largest absolute Gasteiger partial charge is 0.302 e. The molecule has 0 N–H and O–H groups in total. The van der Waals surface area contributed by atoms with Gasteiger partial charge in [-0.1, -0.05) is 0 Å². The van der Waals surface area contributed by atoms with Crippen molar-refractivity contribution in [2.75, 3.05) is 19.6 Å². The molecule has 3 heteroatoms.